The molecule has 3 aromatic rings. The highest BCUT2D eigenvalue weighted by atomic mass is 79.9. The molecular formula is C14H11BrN4O2. The number of aromatic nitrogens is 4. The Balaban J connectivity index is 2.18. The minimum atomic E-state index is -0.447. The first-order valence-corrected chi connectivity index (χ1v) is 7.11. The molecular weight excluding hydrogens is 336 g/mol. The summed E-state index contributed by atoms with van der Waals surface area (Å²) in [4.78, 5) is 24.6. The van der Waals surface area contributed by atoms with Crippen molar-refractivity contribution in [2.24, 2.45) is 0 Å². The SMILES string of the molecule is CCOC(=O)c1cn2c(-c3ncccn3)cc(Br)cc2n1. The van der Waals surface area contributed by atoms with Crippen LogP contribution in [0.4, 0.5) is 0 Å². The van der Waals surface area contributed by atoms with E-state index in [0.717, 1.165) is 10.2 Å². The molecule has 3 aromatic heterocycles. The number of imidazole rings is 1. The van der Waals surface area contributed by atoms with Crippen LogP contribution in [-0.2, 0) is 4.74 Å². The van der Waals surface area contributed by atoms with Crippen molar-refractivity contribution in [3.63, 3.8) is 0 Å². The lowest BCUT2D eigenvalue weighted by Crippen LogP contribution is -2.04. The number of hydrogen-bond donors (Lipinski definition) is 0. The van der Waals surface area contributed by atoms with Crippen LogP contribution >= 0.6 is 15.9 Å². The van der Waals surface area contributed by atoms with Crippen molar-refractivity contribution in [2.75, 3.05) is 6.61 Å². The zero-order valence-electron chi connectivity index (χ0n) is 11.2. The second kappa shape index (κ2) is 5.61. The fraction of sp³-hybridized carbons (Fsp3) is 0.143. The van der Waals surface area contributed by atoms with E-state index in [1.807, 2.05) is 12.1 Å². The second-order valence-electron chi connectivity index (χ2n) is 4.21. The number of ether oxygens (including phenoxy) is 1. The van der Waals surface area contributed by atoms with E-state index >= 15 is 0 Å². The van der Waals surface area contributed by atoms with Gasteiger partial charge in [-0.25, -0.2) is 19.7 Å². The maximum Gasteiger partial charge on any atom is 0.358 e. The van der Waals surface area contributed by atoms with Gasteiger partial charge in [-0.05, 0) is 25.1 Å². The van der Waals surface area contributed by atoms with E-state index in [0.29, 0.717) is 18.1 Å². The summed E-state index contributed by atoms with van der Waals surface area (Å²) in [5, 5.41) is 0. The summed E-state index contributed by atoms with van der Waals surface area (Å²) in [6, 6.07) is 5.44. The summed E-state index contributed by atoms with van der Waals surface area (Å²) in [5.74, 6) is 0.105. The maximum atomic E-state index is 11.8. The molecule has 0 saturated carbocycles. The lowest BCUT2D eigenvalue weighted by molar-refractivity contribution is 0.0520. The van der Waals surface area contributed by atoms with Gasteiger partial charge in [-0.15, -0.1) is 0 Å². The largest absolute Gasteiger partial charge is 0.461 e. The maximum absolute atomic E-state index is 11.8. The molecule has 3 rings (SSSR count). The van der Waals surface area contributed by atoms with Gasteiger partial charge < -0.3 is 4.74 Å². The molecule has 3 heterocycles. The van der Waals surface area contributed by atoms with E-state index in [9.17, 15) is 4.79 Å². The highest BCUT2D eigenvalue weighted by Gasteiger charge is 2.15. The van der Waals surface area contributed by atoms with Crippen LogP contribution in [0.25, 0.3) is 17.2 Å². The van der Waals surface area contributed by atoms with Crippen LogP contribution in [0.2, 0.25) is 0 Å². The van der Waals surface area contributed by atoms with Gasteiger partial charge >= 0.3 is 5.97 Å². The van der Waals surface area contributed by atoms with Crippen molar-refractivity contribution in [3.8, 4) is 11.5 Å². The Hall–Kier alpha value is -2.28. The highest BCUT2D eigenvalue weighted by molar-refractivity contribution is 9.10. The van der Waals surface area contributed by atoms with Crippen LogP contribution in [0.1, 0.15) is 17.4 Å². The molecule has 0 saturated heterocycles. The molecule has 0 radical (unpaired) electrons. The number of carbonyl (C=O) groups is 1. The van der Waals surface area contributed by atoms with E-state index in [2.05, 4.69) is 30.9 Å². The topological polar surface area (TPSA) is 69.4 Å². The molecule has 0 aromatic carbocycles. The van der Waals surface area contributed by atoms with Crippen molar-refractivity contribution in [1.82, 2.24) is 19.4 Å². The Morgan fingerprint density at radius 1 is 1.33 bits per heavy atom. The van der Waals surface area contributed by atoms with Gasteiger partial charge in [0.2, 0.25) is 0 Å². The molecule has 106 valence electrons. The minimum Gasteiger partial charge on any atom is -0.461 e. The Kier molecular flexibility index (Phi) is 3.66. The summed E-state index contributed by atoms with van der Waals surface area (Å²) in [5.41, 5.74) is 1.62. The number of hydrogen-bond acceptors (Lipinski definition) is 5. The Bertz CT molecular complexity index is 801. The predicted octanol–water partition coefficient (Wildman–Crippen LogP) is 2.73. The summed E-state index contributed by atoms with van der Waals surface area (Å²) >= 11 is 3.43. The average molecular weight is 347 g/mol. The molecule has 0 unspecified atom stereocenters. The fourth-order valence-electron chi connectivity index (χ4n) is 1.96. The molecule has 0 atom stereocenters. The Morgan fingerprint density at radius 3 is 2.81 bits per heavy atom. The number of carbonyl (C=O) groups excluding carboxylic acids is 1. The molecule has 7 heteroatoms. The molecule has 0 bridgehead atoms. The van der Waals surface area contributed by atoms with Crippen LogP contribution in [0.3, 0.4) is 0 Å². The van der Waals surface area contributed by atoms with Gasteiger partial charge in [-0.2, -0.15) is 0 Å². The summed E-state index contributed by atoms with van der Waals surface area (Å²) in [6.07, 6.45) is 4.96. The van der Waals surface area contributed by atoms with Crippen molar-refractivity contribution >= 4 is 27.5 Å². The van der Waals surface area contributed by atoms with Crippen LogP contribution in [0.15, 0.2) is 41.3 Å². The zero-order valence-corrected chi connectivity index (χ0v) is 12.7. The van der Waals surface area contributed by atoms with Gasteiger partial charge in [0, 0.05) is 23.1 Å². The van der Waals surface area contributed by atoms with Crippen molar-refractivity contribution in [3.05, 3.63) is 47.0 Å². The van der Waals surface area contributed by atoms with E-state index in [4.69, 9.17) is 4.74 Å². The smallest absolute Gasteiger partial charge is 0.358 e. The summed E-state index contributed by atoms with van der Waals surface area (Å²) in [6.45, 7) is 2.07. The first kappa shape index (κ1) is 13.7. The molecule has 0 aliphatic carbocycles. The fourth-order valence-corrected chi connectivity index (χ4v) is 2.38. The third-order valence-corrected chi connectivity index (χ3v) is 3.27. The summed E-state index contributed by atoms with van der Waals surface area (Å²) in [7, 11) is 0. The number of esters is 1. The van der Waals surface area contributed by atoms with Crippen LogP contribution in [0, 0.1) is 0 Å². The van der Waals surface area contributed by atoms with Gasteiger partial charge in [-0.3, -0.25) is 4.40 Å². The number of halogens is 1. The van der Waals surface area contributed by atoms with Gasteiger partial charge in [0.1, 0.15) is 5.65 Å². The Labute approximate surface area is 129 Å². The normalized spacial score (nSPS) is 10.8. The van der Waals surface area contributed by atoms with Crippen molar-refractivity contribution in [1.29, 1.82) is 0 Å². The van der Waals surface area contributed by atoms with Crippen LogP contribution in [0.5, 0.6) is 0 Å². The third-order valence-electron chi connectivity index (χ3n) is 2.81. The zero-order chi connectivity index (χ0) is 14.8. The van der Waals surface area contributed by atoms with Gasteiger partial charge in [0.05, 0.1) is 12.3 Å². The molecule has 0 aliphatic heterocycles. The number of pyridine rings is 1. The van der Waals surface area contributed by atoms with Crippen molar-refractivity contribution < 1.29 is 9.53 Å². The lowest BCUT2D eigenvalue weighted by atomic mass is 10.3. The second-order valence-corrected chi connectivity index (χ2v) is 5.12. The first-order valence-electron chi connectivity index (χ1n) is 6.32. The predicted molar refractivity (Wildman–Crippen MR) is 79.9 cm³/mol. The van der Waals surface area contributed by atoms with Crippen LogP contribution < -0.4 is 0 Å². The van der Waals surface area contributed by atoms with E-state index in [1.54, 1.807) is 36.0 Å². The number of nitrogens with zero attached hydrogens (tertiary/aromatic N) is 4. The molecule has 21 heavy (non-hydrogen) atoms. The van der Waals surface area contributed by atoms with Gasteiger partial charge in [0.25, 0.3) is 0 Å². The monoisotopic (exact) mass is 346 g/mol. The van der Waals surface area contributed by atoms with Crippen molar-refractivity contribution in [2.45, 2.75) is 6.92 Å². The van der Waals surface area contributed by atoms with E-state index in [1.165, 1.54) is 0 Å². The minimum absolute atomic E-state index is 0.257. The van der Waals surface area contributed by atoms with E-state index < -0.39 is 5.97 Å². The lowest BCUT2D eigenvalue weighted by Gasteiger charge is -2.04. The molecule has 0 aliphatic rings. The Morgan fingerprint density at radius 2 is 2.10 bits per heavy atom. The molecule has 0 spiro atoms. The summed E-state index contributed by atoms with van der Waals surface area (Å²) < 4.78 is 7.58. The average Bonchev–Trinajstić information content (AvgIpc) is 2.91. The quantitative estimate of drug-likeness (QED) is 0.682. The van der Waals surface area contributed by atoms with E-state index in [-0.39, 0.29) is 5.69 Å². The molecule has 6 nitrogen and oxygen atoms in total. The highest BCUT2D eigenvalue weighted by Crippen LogP contribution is 2.23. The van der Waals surface area contributed by atoms with Gasteiger partial charge in [-0.1, -0.05) is 15.9 Å². The third kappa shape index (κ3) is 2.64. The molecule has 0 N–H and O–H groups in total. The standard InChI is InChI=1S/C14H11BrN4O2/c1-2-21-14(20)10-8-19-11(13-16-4-3-5-17-13)6-9(15)7-12(19)18-10/h3-8H,2H2,1H3. The number of rotatable bonds is 3. The first-order chi connectivity index (χ1) is 10.2. The number of fused-ring (bicyclic) bond motifs is 1. The van der Waals surface area contributed by atoms with Gasteiger partial charge in [0.15, 0.2) is 11.5 Å². The molecule has 0 amide bonds. The van der Waals surface area contributed by atoms with Crippen LogP contribution in [-0.4, -0.2) is 31.9 Å². The molecule has 0 fully saturated rings.